The minimum atomic E-state index is -0.400. The monoisotopic (exact) mass is 436 g/mol. The number of aromatic nitrogens is 2. The van der Waals surface area contributed by atoms with Crippen molar-refractivity contribution in [2.45, 2.75) is 13.3 Å². The molecule has 3 aromatic heterocycles. The predicted molar refractivity (Wildman–Crippen MR) is 101 cm³/mol. The van der Waals surface area contributed by atoms with E-state index < -0.39 is 5.56 Å². The first-order valence-electron chi connectivity index (χ1n) is 7.40. The van der Waals surface area contributed by atoms with Gasteiger partial charge in [-0.05, 0) is 35.0 Å². The molecule has 0 saturated heterocycles. The molecule has 0 unspecified atom stereocenters. The number of hydrogen-bond donors (Lipinski definition) is 3. The van der Waals surface area contributed by atoms with Gasteiger partial charge in [-0.3, -0.25) is 19.7 Å². The van der Waals surface area contributed by atoms with Gasteiger partial charge in [-0.2, -0.15) is 0 Å². The molecule has 0 atom stereocenters. The normalized spacial score (nSPS) is 10.5. The summed E-state index contributed by atoms with van der Waals surface area (Å²) in [5.74, 6) is -0.206. The minimum Gasteiger partial charge on any atom is -0.469 e. The Morgan fingerprint density at radius 1 is 1.38 bits per heavy atom. The number of aromatic amines is 1. The lowest BCUT2D eigenvalue weighted by atomic mass is 10.2. The summed E-state index contributed by atoms with van der Waals surface area (Å²) in [5, 5.41) is 7.24. The summed E-state index contributed by atoms with van der Waals surface area (Å²) in [6.07, 6.45) is 2.89. The van der Waals surface area contributed by atoms with Crippen molar-refractivity contribution in [3.8, 4) is 0 Å². The third-order valence-corrected chi connectivity index (χ3v) is 4.62. The summed E-state index contributed by atoms with van der Waals surface area (Å²) >= 11 is 4.43. The van der Waals surface area contributed by atoms with Crippen molar-refractivity contribution < 1.29 is 14.0 Å². The number of halogens is 1. The van der Waals surface area contributed by atoms with Gasteiger partial charge in [0.05, 0.1) is 23.9 Å². The fourth-order valence-corrected chi connectivity index (χ4v) is 3.19. The van der Waals surface area contributed by atoms with E-state index in [9.17, 15) is 14.4 Å². The van der Waals surface area contributed by atoms with E-state index in [1.807, 2.05) is 0 Å². The molecule has 0 aliphatic rings. The van der Waals surface area contributed by atoms with Crippen molar-refractivity contribution in [3.63, 3.8) is 0 Å². The van der Waals surface area contributed by atoms with Crippen LogP contribution >= 0.6 is 27.3 Å². The molecule has 3 aromatic rings. The van der Waals surface area contributed by atoms with Crippen molar-refractivity contribution in [2.24, 2.45) is 0 Å². The lowest BCUT2D eigenvalue weighted by Gasteiger charge is -2.03. The van der Waals surface area contributed by atoms with Gasteiger partial charge < -0.3 is 14.7 Å². The third-order valence-electron chi connectivity index (χ3n) is 3.36. The number of hydrogen-bond acceptors (Lipinski definition) is 6. The summed E-state index contributed by atoms with van der Waals surface area (Å²) in [7, 11) is 0. The number of pyridine rings is 1. The Morgan fingerprint density at radius 2 is 2.19 bits per heavy atom. The van der Waals surface area contributed by atoms with Gasteiger partial charge in [0.2, 0.25) is 5.91 Å². The van der Waals surface area contributed by atoms with E-state index in [1.54, 1.807) is 18.4 Å². The molecule has 26 heavy (non-hydrogen) atoms. The Kier molecular flexibility index (Phi) is 5.33. The zero-order chi connectivity index (χ0) is 18.7. The number of furan rings is 1. The molecule has 0 spiro atoms. The van der Waals surface area contributed by atoms with E-state index in [-0.39, 0.29) is 23.9 Å². The Balaban J connectivity index is 1.62. The number of carbonyl (C=O) groups is 2. The maximum absolute atomic E-state index is 12.1. The van der Waals surface area contributed by atoms with Crippen LogP contribution < -0.4 is 16.2 Å². The van der Waals surface area contributed by atoms with Crippen molar-refractivity contribution >= 4 is 49.9 Å². The number of nitrogens with zero attached hydrogens (tertiary/aromatic N) is 1. The lowest BCUT2D eigenvalue weighted by molar-refractivity contribution is -0.115. The largest absolute Gasteiger partial charge is 0.469 e. The summed E-state index contributed by atoms with van der Waals surface area (Å²) in [4.78, 5) is 42.6. The Hall–Kier alpha value is -2.72. The molecule has 0 saturated carbocycles. The molecule has 3 heterocycles. The van der Waals surface area contributed by atoms with Gasteiger partial charge in [0, 0.05) is 16.0 Å². The molecule has 2 amide bonds. The van der Waals surface area contributed by atoms with E-state index in [1.165, 1.54) is 29.9 Å². The summed E-state index contributed by atoms with van der Waals surface area (Å²) in [6.45, 7) is 1.69. The highest BCUT2D eigenvalue weighted by Crippen LogP contribution is 2.19. The number of amides is 2. The molecule has 3 N–H and O–H groups in total. The van der Waals surface area contributed by atoms with Gasteiger partial charge in [0.15, 0.2) is 5.13 Å². The molecular formula is C16H13BrN4O4S. The fraction of sp³-hybridized carbons (Fsp3) is 0.125. The van der Waals surface area contributed by atoms with Crippen LogP contribution in [0.25, 0.3) is 0 Å². The average Bonchev–Trinajstić information content (AvgIpc) is 3.19. The van der Waals surface area contributed by atoms with E-state index in [2.05, 4.69) is 36.5 Å². The first-order valence-corrected chi connectivity index (χ1v) is 9.07. The van der Waals surface area contributed by atoms with Crippen molar-refractivity contribution in [3.05, 3.63) is 61.8 Å². The predicted octanol–water partition coefficient (Wildman–Crippen LogP) is 2.93. The Labute approximate surface area is 159 Å². The van der Waals surface area contributed by atoms with Gasteiger partial charge in [-0.15, -0.1) is 11.3 Å². The highest BCUT2D eigenvalue weighted by molar-refractivity contribution is 9.10. The topological polar surface area (TPSA) is 117 Å². The molecule has 0 aliphatic carbocycles. The van der Waals surface area contributed by atoms with Gasteiger partial charge in [-0.25, -0.2) is 4.98 Å². The van der Waals surface area contributed by atoms with E-state index in [0.29, 0.717) is 26.6 Å². The van der Waals surface area contributed by atoms with Gasteiger partial charge in [0.25, 0.3) is 11.5 Å². The summed E-state index contributed by atoms with van der Waals surface area (Å²) < 4.78 is 5.73. The van der Waals surface area contributed by atoms with E-state index in [0.717, 1.165) is 0 Å². The van der Waals surface area contributed by atoms with Crippen molar-refractivity contribution in [2.75, 3.05) is 10.6 Å². The fourth-order valence-electron chi connectivity index (χ4n) is 2.14. The number of H-pyrrole nitrogens is 1. The molecule has 0 aliphatic heterocycles. The van der Waals surface area contributed by atoms with E-state index in [4.69, 9.17) is 4.42 Å². The van der Waals surface area contributed by atoms with Crippen molar-refractivity contribution in [1.29, 1.82) is 0 Å². The first-order chi connectivity index (χ1) is 12.4. The average molecular weight is 437 g/mol. The molecule has 0 bridgehead atoms. The van der Waals surface area contributed by atoms with Gasteiger partial charge in [0.1, 0.15) is 11.4 Å². The highest BCUT2D eigenvalue weighted by atomic mass is 79.9. The van der Waals surface area contributed by atoms with Crippen LogP contribution in [0.4, 0.5) is 10.8 Å². The van der Waals surface area contributed by atoms with Gasteiger partial charge in [-0.1, -0.05) is 0 Å². The maximum Gasteiger partial charge on any atom is 0.271 e. The maximum atomic E-state index is 12.1. The van der Waals surface area contributed by atoms with Crippen LogP contribution in [0.2, 0.25) is 0 Å². The Morgan fingerprint density at radius 3 is 2.92 bits per heavy atom. The number of aryl methyl sites for hydroxylation is 1. The Bertz CT molecular complexity index is 1020. The van der Waals surface area contributed by atoms with Gasteiger partial charge >= 0.3 is 0 Å². The lowest BCUT2D eigenvalue weighted by Crippen LogP contribution is -2.21. The standard InChI is InChI=1S/C16H13BrN4O4S/c1-8-11(2-3-25-8)14(23)21-16-19-10(7-26-16)5-13(22)20-12-4-9(17)6-18-15(12)24/h2-4,6-7H,5H2,1H3,(H,18,24)(H,20,22)(H,19,21,23). The highest BCUT2D eigenvalue weighted by Gasteiger charge is 2.15. The minimum absolute atomic E-state index is 0.0247. The third kappa shape index (κ3) is 4.27. The molecular weight excluding hydrogens is 424 g/mol. The molecule has 0 fully saturated rings. The summed E-state index contributed by atoms with van der Waals surface area (Å²) in [6, 6.07) is 3.08. The quantitative estimate of drug-likeness (QED) is 0.568. The SMILES string of the molecule is Cc1occc1C(=O)Nc1nc(CC(=O)Nc2cc(Br)c[nH]c2=O)cs1. The van der Waals surface area contributed by atoms with Crippen LogP contribution in [0, 0.1) is 6.92 Å². The first kappa shape index (κ1) is 18.1. The number of rotatable bonds is 5. The zero-order valence-corrected chi connectivity index (χ0v) is 15.9. The summed E-state index contributed by atoms with van der Waals surface area (Å²) in [5.41, 5.74) is 0.651. The van der Waals surface area contributed by atoms with Crippen LogP contribution in [-0.4, -0.2) is 21.8 Å². The van der Waals surface area contributed by atoms with Crippen LogP contribution in [0.5, 0.6) is 0 Å². The van der Waals surface area contributed by atoms with Crippen molar-refractivity contribution in [1.82, 2.24) is 9.97 Å². The number of carbonyl (C=O) groups excluding carboxylic acids is 2. The molecule has 8 nitrogen and oxygen atoms in total. The van der Waals surface area contributed by atoms with Crippen LogP contribution in [0.1, 0.15) is 21.8 Å². The molecule has 134 valence electrons. The molecule has 3 rings (SSSR count). The van der Waals surface area contributed by atoms with Crippen LogP contribution in [0.15, 0.2) is 43.7 Å². The van der Waals surface area contributed by atoms with E-state index >= 15 is 0 Å². The smallest absolute Gasteiger partial charge is 0.271 e. The second-order valence-corrected chi connectivity index (χ2v) is 7.05. The second-order valence-electron chi connectivity index (χ2n) is 5.27. The number of thiazole rings is 1. The molecule has 0 radical (unpaired) electrons. The van der Waals surface area contributed by atoms with Crippen LogP contribution in [-0.2, 0) is 11.2 Å². The molecule has 0 aromatic carbocycles. The number of nitrogens with one attached hydrogen (secondary N) is 3. The van der Waals surface area contributed by atoms with Crippen LogP contribution in [0.3, 0.4) is 0 Å². The second kappa shape index (κ2) is 7.67. The zero-order valence-electron chi connectivity index (χ0n) is 13.5. The molecule has 10 heteroatoms. The number of anilines is 2.